The first-order chi connectivity index (χ1) is 12.7. The molecule has 1 atom stereocenters. The number of benzene rings is 2. The lowest BCUT2D eigenvalue weighted by molar-refractivity contribution is 0.166. The van der Waals surface area contributed by atoms with E-state index in [-0.39, 0.29) is 17.5 Å². The topological polar surface area (TPSA) is 67.8 Å². The third-order valence-electron chi connectivity index (χ3n) is 5.05. The van der Waals surface area contributed by atoms with E-state index >= 15 is 0 Å². The Bertz CT molecular complexity index is 975. The number of piperidine rings is 1. The Morgan fingerprint density at radius 1 is 1.27 bits per heavy atom. The molecule has 0 amide bonds. The van der Waals surface area contributed by atoms with Crippen LogP contribution in [0.3, 0.4) is 0 Å². The molecule has 1 saturated heterocycles. The van der Waals surface area contributed by atoms with Gasteiger partial charge in [0.15, 0.2) is 5.58 Å². The van der Waals surface area contributed by atoms with Crippen LogP contribution in [0.5, 0.6) is 11.5 Å². The Hall–Kier alpha value is -2.73. The van der Waals surface area contributed by atoms with Crippen molar-refractivity contribution in [3.8, 4) is 11.5 Å². The van der Waals surface area contributed by atoms with Crippen LogP contribution in [0.1, 0.15) is 24.4 Å². The number of rotatable bonds is 4. The van der Waals surface area contributed by atoms with Crippen LogP contribution in [0.4, 0.5) is 0 Å². The highest BCUT2D eigenvalue weighted by molar-refractivity contribution is 5.72. The van der Waals surface area contributed by atoms with Crippen LogP contribution in [0.15, 0.2) is 51.7 Å². The largest absolute Gasteiger partial charge is 0.507 e. The van der Waals surface area contributed by atoms with Gasteiger partial charge in [0.1, 0.15) is 11.5 Å². The van der Waals surface area contributed by atoms with E-state index in [1.165, 1.54) is 0 Å². The Morgan fingerprint density at radius 2 is 2.12 bits per heavy atom. The van der Waals surface area contributed by atoms with E-state index in [0.29, 0.717) is 17.9 Å². The summed E-state index contributed by atoms with van der Waals surface area (Å²) < 4.78 is 12.3. The van der Waals surface area contributed by atoms with Gasteiger partial charge in [-0.25, -0.2) is 4.79 Å². The summed E-state index contributed by atoms with van der Waals surface area (Å²) in [6.07, 6.45) is 1.93. The van der Waals surface area contributed by atoms with Gasteiger partial charge in [0.05, 0.1) is 18.7 Å². The van der Waals surface area contributed by atoms with Crippen LogP contribution < -0.4 is 10.5 Å². The van der Waals surface area contributed by atoms with Crippen molar-refractivity contribution in [3.05, 3.63) is 58.6 Å². The Morgan fingerprint density at radius 3 is 2.92 bits per heavy atom. The van der Waals surface area contributed by atoms with Crippen LogP contribution in [-0.2, 0) is 6.54 Å². The number of methoxy groups -OCH3 is 1. The minimum Gasteiger partial charge on any atom is -0.507 e. The zero-order chi connectivity index (χ0) is 18.1. The van der Waals surface area contributed by atoms with E-state index in [4.69, 9.17) is 9.15 Å². The SMILES string of the molecule is COc1ccc(CN2CCC[C@@H](n3c(=O)oc4ccccc43)C2)c(O)c1. The number of phenolic OH excluding ortho intramolecular Hbond substituents is 1. The van der Waals surface area contributed by atoms with E-state index < -0.39 is 0 Å². The van der Waals surface area contributed by atoms with Crippen LogP contribution in [0.2, 0.25) is 0 Å². The maximum Gasteiger partial charge on any atom is 0.420 e. The number of aromatic nitrogens is 1. The summed E-state index contributed by atoms with van der Waals surface area (Å²) in [4.78, 5) is 14.6. The third kappa shape index (κ3) is 3.08. The second-order valence-corrected chi connectivity index (χ2v) is 6.73. The molecule has 1 aromatic heterocycles. The van der Waals surface area contributed by atoms with Gasteiger partial charge < -0.3 is 14.3 Å². The highest BCUT2D eigenvalue weighted by atomic mass is 16.5. The van der Waals surface area contributed by atoms with Gasteiger partial charge in [-0.3, -0.25) is 9.47 Å². The highest BCUT2D eigenvalue weighted by Crippen LogP contribution is 2.29. The molecular weight excluding hydrogens is 332 g/mol. The minimum absolute atomic E-state index is 0.0697. The van der Waals surface area contributed by atoms with E-state index in [0.717, 1.165) is 37.0 Å². The van der Waals surface area contributed by atoms with Crippen molar-refractivity contribution in [3.63, 3.8) is 0 Å². The second kappa shape index (κ2) is 6.88. The summed E-state index contributed by atoms with van der Waals surface area (Å²) in [7, 11) is 1.58. The molecule has 1 aliphatic heterocycles. The summed E-state index contributed by atoms with van der Waals surface area (Å²) in [5.41, 5.74) is 2.33. The lowest BCUT2D eigenvalue weighted by atomic mass is 10.0. The van der Waals surface area contributed by atoms with E-state index in [1.54, 1.807) is 17.7 Å². The Kier molecular flexibility index (Phi) is 4.42. The summed E-state index contributed by atoms with van der Waals surface area (Å²) in [6, 6.07) is 13.0. The first-order valence-corrected chi connectivity index (χ1v) is 8.84. The van der Waals surface area contributed by atoms with Gasteiger partial charge in [0.25, 0.3) is 0 Å². The molecule has 6 heteroatoms. The number of aromatic hydroxyl groups is 1. The van der Waals surface area contributed by atoms with Gasteiger partial charge >= 0.3 is 5.76 Å². The molecule has 0 spiro atoms. The lowest BCUT2D eigenvalue weighted by Crippen LogP contribution is -2.38. The zero-order valence-corrected chi connectivity index (χ0v) is 14.7. The molecule has 1 fully saturated rings. The number of likely N-dealkylation sites (tertiary alicyclic amines) is 1. The van der Waals surface area contributed by atoms with E-state index in [9.17, 15) is 9.90 Å². The number of nitrogens with zero attached hydrogens (tertiary/aromatic N) is 2. The lowest BCUT2D eigenvalue weighted by Gasteiger charge is -2.33. The summed E-state index contributed by atoms with van der Waals surface area (Å²) >= 11 is 0. The average Bonchev–Trinajstić information content (AvgIpc) is 2.99. The van der Waals surface area contributed by atoms with Crippen molar-refractivity contribution < 1.29 is 14.3 Å². The minimum atomic E-state index is -0.301. The fourth-order valence-electron chi connectivity index (χ4n) is 3.76. The van der Waals surface area contributed by atoms with Crippen molar-refractivity contribution in [1.82, 2.24) is 9.47 Å². The molecule has 0 unspecified atom stereocenters. The number of oxazole rings is 1. The van der Waals surface area contributed by atoms with Crippen molar-refractivity contribution >= 4 is 11.1 Å². The molecule has 1 aliphatic rings. The standard InChI is InChI=1S/C20H22N2O4/c1-25-16-9-8-14(18(23)11-16)12-21-10-4-5-15(13-21)22-17-6-2-3-7-19(17)26-20(22)24/h2-3,6-9,11,15,23H,4-5,10,12-13H2,1H3/t15-/m1/s1. The molecule has 0 aliphatic carbocycles. The molecule has 0 bridgehead atoms. The Labute approximate surface area is 151 Å². The predicted molar refractivity (Wildman–Crippen MR) is 98.7 cm³/mol. The van der Waals surface area contributed by atoms with Crippen molar-refractivity contribution in [2.75, 3.05) is 20.2 Å². The fourth-order valence-corrected chi connectivity index (χ4v) is 3.76. The van der Waals surface area contributed by atoms with Crippen molar-refractivity contribution in [2.24, 2.45) is 0 Å². The van der Waals surface area contributed by atoms with Crippen molar-refractivity contribution in [1.29, 1.82) is 0 Å². The molecule has 2 heterocycles. The van der Waals surface area contributed by atoms with Crippen LogP contribution in [-0.4, -0.2) is 34.8 Å². The van der Waals surface area contributed by atoms with Crippen LogP contribution in [0, 0.1) is 0 Å². The van der Waals surface area contributed by atoms with Gasteiger partial charge in [-0.1, -0.05) is 18.2 Å². The zero-order valence-electron chi connectivity index (χ0n) is 14.7. The van der Waals surface area contributed by atoms with Crippen molar-refractivity contribution in [2.45, 2.75) is 25.4 Å². The van der Waals surface area contributed by atoms with Crippen LogP contribution in [0.25, 0.3) is 11.1 Å². The quantitative estimate of drug-likeness (QED) is 0.780. The molecule has 0 saturated carbocycles. The Balaban J connectivity index is 1.56. The number of hydrogen-bond donors (Lipinski definition) is 1. The first kappa shape index (κ1) is 16.7. The van der Waals surface area contributed by atoms with Gasteiger partial charge in [-0.05, 0) is 37.6 Å². The molecule has 26 heavy (non-hydrogen) atoms. The summed E-state index contributed by atoms with van der Waals surface area (Å²) in [5, 5.41) is 10.2. The van der Waals surface area contributed by atoms with Gasteiger partial charge in [-0.15, -0.1) is 0 Å². The first-order valence-electron chi connectivity index (χ1n) is 8.84. The maximum atomic E-state index is 12.4. The summed E-state index contributed by atoms with van der Waals surface area (Å²) in [6.45, 7) is 2.32. The van der Waals surface area contributed by atoms with E-state index in [2.05, 4.69) is 4.90 Å². The predicted octanol–water partition coefficient (Wildman–Crippen LogP) is 3.15. The monoisotopic (exact) mass is 354 g/mol. The molecule has 2 aromatic carbocycles. The average molecular weight is 354 g/mol. The number of fused-ring (bicyclic) bond motifs is 1. The molecule has 4 rings (SSSR count). The number of ether oxygens (including phenoxy) is 1. The molecule has 136 valence electrons. The molecule has 1 N–H and O–H groups in total. The fraction of sp³-hybridized carbons (Fsp3) is 0.350. The summed E-state index contributed by atoms with van der Waals surface area (Å²) in [5.74, 6) is 0.571. The molecule has 0 radical (unpaired) electrons. The van der Waals surface area contributed by atoms with Gasteiger partial charge in [-0.2, -0.15) is 0 Å². The molecule has 3 aromatic rings. The van der Waals surface area contributed by atoms with E-state index in [1.807, 2.05) is 36.4 Å². The number of phenols is 1. The number of hydrogen-bond acceptors (Lipinski definition) is 5. The smallest absolute Gasteiger partial charge is 0.420 e. The normalized spacial score (nSPS) is 18.3. The molecular formula is C20H22N2O4. The van der Waals surface area contributed by atoms with Gasteiger partial charge in [0.2, 0.25) is 0 Å². The molecule has 6 nitrogen and oxygen atoms in total. The highest BCUT2D eigenvalue weighted by Gasteiger charge is 2.25. The maximum absolute atomic E-state index is 12.4. The van der Waals surface area contributed by atoms with Gasteiger partial charge in [0, 0.05) is 24.7 Å². The third-order valence-corrected chi connectivity index (χ3v) is 5.05. The second-order valence-electron chi connectivity index (χ2n) is 6.73. The van der Waals surface area contributed by atoms with Crippen LogP contribution >= 0.6 is 0 Å². The number of para-hydroxylation sites is 2.